The van der Waals surface area contributed by atoms with Crippen molar-refractivity contribution in [2.45, 2.75) is 8.65 Å². The van der Waals surface area contributed by atoms with Crippen LogP contribution in [0.2, 0.25) is 0 Å². The molecule has 2 bridgehead atoms. The number of rotatable bonds is 5. The second kappa shape index (κ2) is 8.71. The van der Waals surface area contributed by atoms with Crippen molar-refractivity contribution in [1.29, 1.82) is 0 Å². The van der Waals surface area contributed by atoms with Crippen molar-refractivity contribution < 1.29 is 23.9 Å². The summed E-state index contributed by atoms with van der Waals surface area (Å²) < 4.78 is 4.14. The topological polar surface area (TPSA) is 80.8 Å². The van der Waals surface area contributed by atoms with E-state index in [2.05, 4.69) is 47.8 Å². The molecule has 4 aliphatic rings. The van der Waals surface area contributed by atoms with E-state index in [1.165, 1.54) is 0 Å². The van der Waals surface area contributed by atoms with Gasteiger partial charge in [0.1, 0.15) is 6.54 Å². The standard InChI is InChI=1S/C28H18Br3NO5/c29-16-11-9-15(10-12-16)21(33)14-37-22(34)13-32-25(35)23-24(26(32)36)28(31)18-6-2-1-5-17(18)27(23,30)19-7-3-4-8-20(19)28/h1-12,23-24H,13-14H2. The van der Waals surface area contributed by atoms with E-state index in [0.29, 0.717) is 5.56 Å². The van der Waals surface area contributed by atoms with Crippen LogP contribution >= 0.6 is 47.8 Å². The molecule has 3 aliphatic carbocycles. The van der Waals surface area contributed by atoms with E-state index in [-0.39, 0.29) is 5.78 Å². The number of hydrogen-bond donors (Lipinski definition) is 0. The highest BCUT2D eigenvalue weighted by Crippen LogP contribution is 2.70. The van der Waals surface area contributed by atoms with Crippen molar-refractivity contribution in [3.05, 3.63) is 105 Å². The van der Waals surface area contributed by atoms with E-state index in [1.807, 2.05) is 48.5 Å². The molecule has 9 heteroatoms. The lowest BCUT2D eigenvalue weighted by Gasteiger charge is -2.55. The minimum atomic E-state index is -0.927. The fourth-order valence-electron chi connectivity index (χ4n) is 5.92. The van der Waals surface area contributed by atoms with Gasteiger partial charge in [-0.25, -0.2) is 0 Å². The fourth-order valence-corrected chi connectivity index (χ4v) is 8.49. The fraction of sp³-hybridized carbons (Fsp3) is 0.214. The van der Waals surface area contributed by atoms with Crippen molar-refractivity contribution in [2.75, 3.05) is 13.2 Å². The van der Waals surface area contributed by atoms with Gasteiger partial charge < -0.3 is 4.74 Å². The molecule has 2 atom stereocenters. The first-order valence-corrected chi connectivity index (χ1v) is 13.9. The smallest absolute Gasteiger partial charge is 0.326 e. The number of carbonyl (C=O) groups is 4. The van der Waals surface area contributed by atoms with Gasteiger partial charge in [0.2, 0.25) is 11.8 Å². The van der Waals surface area contributed by atoms with Gasteiger partial charge >= 0.3 is 5.97 Å². The molecule has 1 saturated heterocycles. The zero-order valence-electron chi connectivity index (χ0n) is 19.1. The first-order chi connectivity index (χ1) is 17.7. The molecular formula is C28H18Br3NO5. The molecule has 7 rings (SSSR count). The second-order valence-corrected chi connectivity index (χ2v) is 12.7. The highest BCUT2D eigenvalue weighted by molar-refractivity contribution is 9.10. The Kier molecular flexibility index (Phi) is 5.82. The molecule has 1 fully saturated rings. The van der Waals surface area contributed by atoms with Crippen molar-refractivity contribution >= 4 is 71.4 Å². The normalized spacial score (nSPS) is 26.9. The molecule has 0 spiro atoms. The molecule has 6 nitrogen and oxygen atoms in total. The first-order valence-electron chi connectivity index (χ1n) is 11.6. The summed E-state index contributed by atoms with van der Waals surface area (Å²) in [6, 6.07) is 22.2. The molecule has 2 amide bonds. The number of nitrogens with zero attached hydrogens (tertiary/aromatic N) is 1. The molecule has 0 aromatic heterocycles. The molecule has 3 aromatic carbocycles. The lowest BCUT2D eigenvalue weighted by atomic mass is 9.54. The van der Waals surface area contributed by atoms with Gasteiger partial charge in [-0.2, -0.15) is 0 Å². The Labute approximate surface area is 237 Å². The molecule has 1 aliphatic heterocycles. The molecule has 2 unspecified atom stereocenters. The maximum atomic E-state index is 13.8. The van der Waals surface area contributed by atoms with Gasteiger partial charge in [0, 0.05) is 10.0 Å². The molecule has 37 heavy (non-hydrogen) atoms. The van der Waals surface area contributed by atoms with Gasteiger partial charge in [-0.15, -0.1) is 0 Å². The van der Waals surface area contributed by atoms with E-state index in [1.54, 1.807) is 24.3 Å². The largest absolute Gasteiger partial charge is 0.456 e. The van der Waals surface area contributed by atoms with Gasteiger partial charge in [-0.1, -0.05) is 108 Å². The van der Waals surface area contributed by atoms with Gasteiger partial charge in [0.25, 0.3) is 0 Å². The van der Waals surface area contributed by atoms with Crippen LogP contribution in [-0.4, -0.2) is 41.6 Å². The van der Waals surface area contributed by atoms with Crippen molar-refractivity contribution in [1.82, 2.24) is 4.90 Å². The summed E-state index contributed by atoms with van der Waals surface area (Å²) in [7, 11) is 0. The summed E-state index contributed by atoms with van der Waals surface area (Å²) >= 11 is 11.1. The lowest BCUT2D eigenvalue weighted by Crippen LogP contribution is -2.56. The zero-order valence-corrected chi connectivity index (χ0v) is 23.9. The average Bonchev–Trinajstić information content (AvgIpc) is 3.16. The van der Waals surface area contributed by atoms with E-state index < -0.39 is 51.4 Å². The third-order valence-corrected chi connectivity index (χ3v) is 10.7. The predicted molar refractivity (Wildman–Crippen MR) is 145 cm³/mol. The van der Waals surface area contributed by atoms with E-state index in [0.717, 1.165) is 31.6 Å². The lowest BCUT2D eigenvalue weighted by molar-refractivity contribution is -0.152. The number of ketones is 1. The van der Waals surface area contributed by atoms with Gasteiger partial charge in [-0.3, -0.25) is 24.1 Å². The van der Waals surface area contributed by atoms with Crippen LogP contribution in [0, 0.1) is 11.8 Å². The SMILES string of the molecule is O=C(CN1C(=O)C2C(C1=O)C1(Br)c3ccccc3C2(Br)c2ccccc21)OCC(=O)c1ccc(Br)cc1. The summed E-state index contributed by atoms with van der Waals surface area (Å²) in [4.78, 5) is 53.7. The molecule has 1 heterocycles. The Balaban J connectivity index is 1.30. The van der Waals surface area contributed by atoms with Crippen molar-refractivity contribution in [3.8, 4) is 0 Å². The summed E-state index contributed by atoms with van der Waals surface area (Å²) in [6.07, 6.45) is 0. The number of alkyl halides is 2. The van der Waals surface area contributed by atoms with Crippen LogP contribution in [0.4, 0.5) is 0 Å². The number of benzene rings is 3. The van der Waals surface area contributed by atoms with Crippen molar-refractivity contribution in [2.24, 2.45) is 11.8 Å². The minimum absolute atomic E-state index is 0.378. The number of Topliss-reactive ketones (excluding diaryl/α,β-unsaturated/α-hetero) is 1. The van der Waals surface area contributed by atoms with Crippen LogP contribution in [0.5, 0.6) is 0 Å². The summed E-state index contributed by atoms with van der Waals surface area (Å²) in [5, 5.41) is 0. The Morgan fingerprint density at radius 2 is 1.19 bits per heavy atom. The number of likely N-dealkylation sites (tertiary alicyclic amines) is 1. The monoisotopic (exact) mass is 685 g/mol. The number of halogens is 3. The zero-order chi connectivity index (χ0) is 26.1. The van der Waals surface area contributed by atoms with Crippen LogP contribution < -0.4 is 0 Å². The van der Waals surface area contributed by atoms with E-state index in [4.69, 9.17) is 4.74 Å². The Morgan fingerprint density at radius 3 is 1.62 bits per heavy atom. The number of imide groups is 1. The van der Waals surface area contributed by atoms with Crippen LogP contribution in [0.3, 0.4) is 0 Å². The molecule has 3 aromatic rings. The quantitative estimate of drug-likeness (QED) is 0.162. The van der Waals surface area contributed by atoms with Crippen molar-refractivity contribution in [3.63, 3.8) is 0 Å². The van der Waals surface area contributed by atoms with E-state index >= 15 is 0 Å². The Morgan fingerprint density at radius 1 is 0.757 bits per heavy atom. The number of amides is 2. The van der Waals surface area contributed by atoms with E-state index in [9.17, 15) is 19.2 Å². The highest BCUT2D eigenvalue weighted by atomic mass is 79.9. The number of esters is 1. The molecule has 0 saturated carbocycles. The van der Waals surface area contributed by atoms with Crippen LogP contribution in [0.1, 0.15) is 32.6 Å². The van der Waals surface area contributed by atoms with Crippen LogP contribution in [0.15, 0.2) is 77.3 Å². The molecule has 0 N–H and O–H groups in total. The van der Waals surface area contributed by atoms with Gasteiger partial charge in [-0.05, 0) is 34.4 Å². The maximum absolute atomic E-state index is 13.8. The predicted octanol–water partition coefficient (Wildman–Crippen LogP) is 5.08. The third kappa shape index (κ3) is 3.40. The second-order valence-electron chi connectivity index (χ2n) is 9.32. The summed E-state index contributed by atoms with van der Waals surface area (Å²) in [5.41, 5.74) is 4.05. The maximum Gasteiger partial charge on any atom is 0.326 e. The number of carbonyl (C=O) groups excluding carboxylic acids is 4. The average molecular weight is 688 g/mol. The highest BCUT2D eigenvalue weighted by Gasteiger charge is 2.72. The Bertz CT molecular complexity index is 1380. The number of hydrogen-bond acceptors (Lipinski definition) is 5. The van der Waals surface area contributed by atoms with Gasteiger partial charge in [0.15, 0.2) is 12.4 Å². The summed E-state index contributed by atoms with van der Waals surface area (Å²) in [5.74, 6) is -3.62. The number of ether oxygens (including phenoxy) is 1. The molecule has 186 valence electrons. The van der Waals surface area contributed by atoms with Gasteiger partial charge in [0.05, 0.1) is 20.5 Å². The first kappa shape index (κ1) is 24.7. The molecule has 0 radical (unpaired) electrons. The summed E-state index contributed by atoms with van der Waals surface area (Å²) in [6.45, 7) is -1.04. The van der Waals surface area contributed by atoms with Crippen LogP contribution in [0.25, 0.3) is 0 Å². The minimum Gasteiger partial charge on any atom is -0.456 e. The van der Waals surface area contributed by atoms with Crippen LogP contribution in [-0.2, 0) is 27.8 Å². The third-order valence-electron chi connectivity index (χ3n) is 7.49. The Hall–Kier alpha value is -2.62. The molecular weight excluding hydrogens is 670 g/mol.